The molecule has 2 rings (SSSR count). The molecule has 0 aromatic heterocycles. The zero-order valence-corrected chi connectivity index (χ0v) is 14.1. The molecule has 0 aliphatic heterocycles. The maximum absolute atomic E-state index is 12.8. The molecule has 122 valence electrons. The molecule has 0 radical (unpaired) electrons. The number of anilines is 1. The highest BCUT2D eigenvalue weighted by Crippen LogP contribution is 2.18. The number of para-hydroxylation sites is 1. The van der Waals surface area contributed by atoms with Crippen molar-refractivity contribution >= 4 is 11.6 Å². The highest BCUT2D eigenvalue weighted by molar-refractivity contribution is 5.93. The lowest BCUT2D eigenvalue weighted by atomic mass is 10.2. The Labute approximate surface area is 139 Å². The third-order valence-electron chi connectivity index (χ3n) is 4.09. The quantitative estimate of drug-likeness (QED) is 0.737. The standard InChI is InChI=1S/C20H26N2O/c1-3-21(4-2)16-15-20(23)22(19-13-9-6-10-14-19)17-18-11-7-5-8-12-18/h5-14H,3-4,15-17H2,1-2H3. The fourth-order valence-electron chi connectivity index (χ4n) is 2.63. The third-order valence-corrected chi connectivity index (χ3v) is 4.09. The van der Waals surface area contributed by atoms with Gasteiger partial charge in [-0.25, -0.2) is 0 Å². The summed E-state index contributed by atoms with van der Waals surface area (Å²) in [4.78, 5) is 17.0. The van der Waals surface area contributed by atoms with Crippen LogP contribution in [0, 0.1) is 0 Å². The fraction of sp³-hybridized carbons (Fsp3) is 0.350. The van der Waals surface area contributed by atoms with Gasteiger partial charge in [-0.3, -0.25) is 4.79 Å². The largest absolute Gasteiger partial charge is 0.308 e. The molecule has 1 amide bonds. The van der Waals surface area contributed by atoms with Crippen molar-refractivity contribution in [3.63, 3.8) is 0 Å². The van der Waals surface area contributed by atoms with Crippen molar-refractivity contribution < 1.29 is 4.79 Å². The predicted octanol–water partition coefficient (Wildman–Crippen LogP) is 3.95. The van der Waals surface area contributed by atoms with E-state index in [9.17, 15) is 4.79 Å². The number of hydrogen-bond acceptors (Lipinski definition) is 2. The Hall–Kier alpha value is -2.13. The van der Waals surface area contributed by atoms with Crippen molar-refractivity contribution in [1.29, 1.82) is 0 Å². The molecule has 0 saturated carbocycles. The molecule has 0 spiro atoms. The normalized spacial score (nSPS) is 10.7. The molecule has 3 heteroatoms. The summed E-state index contributed by atoms with van der Waals surface area (Å²) in [5, 5.41) is 0. The Kier molecular flexibility index (Phi) is 6.82. The van der Waals surface area contributed by atoms with Gasteiger partial charge in [-0.1, -0.05) is 62.4 Å². The molecule has 0 bridgehead atoms. The van der Waals surface area contributed by atoms with E-state index in [-0.39, 0.29) is 5.91 Å². The third kappa shape index (κ3) is 5.22. The number of hydrogen-bond donors (Lipinski definition) is 0. The van der Waals surface area contributed by atoms with Crippen LogP contribution in [0.5, 0.6) is 0 Å². The highest BCUT2D eigenvalue weighted by Gasteiger charge is 2.16. The second-order valence-corrected chi connectivity index (χ2v) is 5.58. The summed E-state index contributed by atoms with van der Waals surface area (Å²) in [6.07, 6.45) is 0.545. The zero-order valence-electron chi connectivity index (χ0n) is 14.1. The summed E-state index contributed by atoms with van der Waals surface area (Å²) in [6.45, 7) is 7.65. The summed E-state index contributed by atoms with van der Waals surface area (Å²) in [5.74, 6) is 0.173. The Balaban J connectivity index is 2.11. The monoisotopic (exact) mass is 310 g/mol. The van der Waals surface area contributed by atoms with Crippen LogP contribution in [-0.2, 0) is 11.3 Å². The molecule has 3 nitrogen and oxygen atoms in total. The van der Waals surface area contributed by atoms with Crippen molar-refractivity contribution in [1.82, 2.24) is 4.90 Å². The number of nitrogens with zero attached hydrogens (tertiary/aromatic N) is 2. The van der Waals surface area contributed by atoms with Crippen LogP contribution in [0.4, 0.5) is 5.69 Å². The van der Waals surface area contributed by atoms with Gasteiger partial charge in [-0.2, -0.15) is 0 Å². The minimum absolute atomic E-state index is 0.173. The fourth-order valence-corrected chi connectivity index (χ4v) is 2.63. The number of benzene rings is 2. The molecule has 0 heterocycles. The summed E-state index contributed by atoms with van der Waals surface area (Å²) in [6, 6.07) is 20.1. The molecule has 23 heavy (non-hydrogen) atoms. The Morgan fingerprint density at radius 1 is 0.870 bits per heavy atom. The van der Waals surface area contributed by atoms with Crippen molar-refractivity contribution in [2.24, 2.45) is 0 Å². The minimum atomic E-state index is 0.173. The van der Waals surface area contributed by atoms with Crippen LogP contribution in [0.3, 0.4) is 0 Å². The van der Waals surface area contributed by atoms with Crippen LogP contribution in [0.25, 0.3) is 0 Å². The number of carbonyl (C=O) groups is 1. The Morgan fingerprint density at radius 2 is 1.43 bits per heavy atom. The SMILES string of the molecule is CCN(CC)CCC(=O)N(Cc1ccccc1)c1ccccc1. The molecule has 0 fully saturated rings. The van der Waals surface area contributed by atoms with Gasteiger partial charge in [0.15, 0.2) is 0 Å². The van der Waals surface area contributed by atoms with E-state index in [2.05, 4.69) is 30.9 Å². The Bertz CT molecular complexity index is 579. The number of rotatable bonds is 8. The van der Waals surface area contributed by atoms with E-state index in [0.717, 1.165) is 30.9 Å². The predicted molar refractivity (Wildman–Crippen MR) is 96.5 cm³/mol. The van der Waals surface area contributed by atoms with Gasteiger partial charge in [0, 0.05) is 18.7 Å². The van der Waals surface area contributed by atoms with Crippen LogP contribution in [0.2, 0.25) is 0 Å². The van der Waals surface area contributed by atoms with Crippen molar-refractivity contribution in [2.75, 3.05) is 24.5 Å². The van der Waals surface area contributed by atoms with Crippen LogP contribution in [0.1, 0.15) is 25.8 Å². The first kappa shape index (κ1) is 17.2. The Morgan fingerprint density at radius 3 is 2.00 bits per heavy atom. The van der Waals surface area contributed by atoms with Crippen LogP contribution < -0.4 is 4.90 Å². The lowest BCUT2D eigenvalue weighted by Crippen LogP contribution is -2.34. The first-order valence-electron chi connectivity index (χ1n) is 8.36. The van der Waals surface area contributed by atoms with E-state index >= 15 is 0 Å². The van der Waals surface area contributed by atoms with Crippen LogP contribution >= 0.6 is 0 Å². The summed E-state index contributed by atoms with van der Waals surface area (Å²) in [7, 11) is 0. The second-order valence-electron chi connectivity index (χ2n) is 5.58. The first-order chi connectivity index (χ1) is 11.2. The van der Waals surface area contributed by atoms with Gasteiger partial charge < -0.3 is 9.80 Å². The van der Waals surface area contributed by atoms with Gasteiger partial charge >= 0.3 is 0 Å². The molecule has 0 atom stereocenters. The van der Waals surface area contributed by atoms with Gasteiger partial charge in [0.05, 0.1) is 6.54 Å². The molecule has 0 unspecified atom stereocenters. The topological polar surface area (TPSA) is 23.6 Å². The molecule has 0 saturated heterocycles. The van der Waals surface area contributed by atoms with Crippen molar-refractivity contribution in [3.05, 3.63) is 66.2 Å². The molecule has 2 aromatic rings. The number of amides is 1. The van der Waals surface area contributed by atoms with E-state index in [0.29, 0.717) is 13.0 Å². The van der Waals surface area contributed by atoms with Gasteiger partial charge in [-0.15, -0.1) is 0 Å². The molecule has 0 aliphatic carbocycles. The summed E-state index contributed by atoms with van der Waals surface area (Å²) in [5.41, 5.74) is 2.11. The van der Waals surface area contributed by atoms with E-state index in [1.54, 1.807) is 0 Å². The average molecular weight is 310 g/mol. The smallest absolute Gasteiger partial charge is 0.228 e. The van der Waals surface area contributed by atoms with Crippen LogP contribution in [-0.4, -0.2) is 30.4 Å². The van der Waals surface area contributed by atoms with Gasteiger partial charge in [0.25, 0.3) is 0 Å². The zero-order chi connectivity index (χ0) is 16.5. The van der Waals surface area contributed by atoms with Gasteiger partial charge in [-0.05, 0) is 30.8 Å². The molecule has 0 N–H and O–H groups in total. The molecular formula is C20H26N2O. The average Bonchev–Trinajstić information content (AvgIpc) is 2.62. The number of carbonyl (C=O) groups excluding carboxylic acids is 1. The maximum atomic E-state index is 12.8. The molecular weight excluding hydrogens is 284 g/mol. The lowest BCUT2D eigenvalue weighted by molar-refractivity contribution is -0.119. The van der Waals surface area contributed by atoms with E-state index < -0.39 is 0 Å². The summed E-state index contributed by atoms with van der Waals surface area (Å²) < 4.78 is 0. The minimum Gasteiger partial charge on any atom is -0.308 e. The van der Waals surface area contributed by atoms with Gasteiger partial charge in [0.2, 0.25) is 5.91 Å². The highest BCUT2D eigenvalue weighted by atomic mass is 16.2. The molecule has 0 aliphatic rings. The summed E-state index contributed by atoms with van der Waals surface area (Å²) >= 11 is 0. The lowest BCUT2D eigenvalue weighted by Gasteiger charge is -2.25. The van der Waals surface area contributed by atoms with Crippen molar-refractivity contribution in [2.45, 2.75) is 26.8 Å². The van der Waals surface area contributed by atoms with Gasteiger partial charge in [0.1, 0.15) is 0 Å². The van der Waals surface area contributed by atoms with E-state index in [4.69, 9.17) is 0 Å². The van der Waals surface area contributed by atoms with Crippen molar-refractivity contribution in [3.8, 4) is 0 Å². The first-order valence-corrected chi connectivity index (χ1v) is 8.36. The molecule has 2 aromatic carbocycles. The maximum Gasteiger partial charge on any atom is 0.228 e. The van der Waals surface area contributed by atoms with Crippen LogP contribution in [0.15, 0.2) is 60.7 Å². The van der Waals surface area contributed by atoms with E-state index in [1.807, 2.05) is 53.4 Å². The second kappa shape index (κ2) is 9.11. The van der Waals surface area contributed by atoms with E-state index in [1.165, 1.54) is 0 Å².